The Balaban J connectivity index is 1.69. The SMILES string of the molecule is C[C@@H](NC(=O)OC(C)(C)C)C(=O)Nc1ccccc1C(=O)N1CCC[C@H]1C(=O)Nc1ccc(Br)cc1. The van der Waals surface area contributed by atoms with Gasteiger partial charge in [-0.15, -0.1) is 0 Å². The van der Waals surface area contributed by atoms with Gasteiger partial charge in [0, 0.05) is 16.7 Å². The minimum atomic E-state index is -0.903. The number of anilines is 2. The van der Waals surface area contributed by atoms with Crippen LogP contribution in [-0.4, -0.2) is 52.9 Å². The van der Waals surface area contributed by atoms with Crippen molar-refractivity contribution in [2.45, 2.75) is 58.2 Å². The highest BCUT2D eigenvalue weighted by Gasteiger charge is 2.35. The second-order valence-electron chi connectivity index (χ2n) is 9.56. The maximum Gasteiger partial charge on any atom is 0.408 e. The van der Waals surface area contributed by atoms with Gasteiger partial charge in [0.2, 0.25) is 11.8 Å². The Hall–Kier alpha value is -3.40. The molecule has 2 aromatic carbocycles. The smallest absolute Gasteiger partial charge is 0.408 e. The van der Waals surface area contributed by atoms with Gasteiger partial charge in [-0.05, 0) is 76.9 Å². The summed E-state index contributed by atoms with van der Waals surface area (Å²) in [5.41, 5.74) is 0.500. The highest BCUT2D eigenvalue weighted by Crippen LogP contribution is 2.25. The van der Waals surface area contributed by atoms with Crippen LogP contribution in [-0.2, 0) is 14.3 Å². The monoisotopic (exact) mass is 558 g/mol. The fourth-order valence-electron chi connectivity index (χ4n) is 3.77. The van der Waals surface area contributed by atoms with Crippen molar-refractivity contribution >= 4 is 51.1 Å². The zero-order valence-electron chi connectivity index (χ0n) is 20.8. The normalized spacial score (nSPS) is 16.1. The molecule has 10 heteroatoms. The number of likely N-dealkylation sites (tertiary alicyclic amines) is 1. The quantitative estimate of drug-likeness (QED) is 0.481. The fraction of sp³-hybridized carbons (Fsp3) is 0.385. The van der Waals surface area contributed by atoms with Crippen LogP contribution < -0.4 is 16.0 Å². The number of benzene rings is 2. The van der Waals surface area contributed by atoms with E-state index >= 15 is 0 Å². The second kappa shape index (κ2) is 11.6. The highest BCUT2D eigenvalue weighted by molar-refractivity contribution is 9.10. The van der Waals surface area contributed by atoms with Crippen molar-refractivity contribution in [2.75, 3.05) is 17.2 Å². The minimum Gasteiger partial charge on any atom is -0.444 e. The first kappa shape index (κ1) is 27.2. The van der Waals surface area contributed by atoms with Crippen molar-refractivity contribution in [3.63, 3.8) is 0 Å². The van der Waals surface area contributed by atoms with E-state index in [1.807, 2.05) is 12.1 Å². The zero-order chi connectivity index (χ0) is 26.5. The van der Waals surface area contributed by atoms with Crippen molar-refractivity contribution in [3.05, 3.63) is 58.6 Å². The molecule has 2 aromatic rings. The molecule has 0 aromatic heterocycles. The summed E-state index contributed by atoms with van der Waals surface area (Å²) in [6.07, 6.45) is 0.515. The summed E-state index contributed by atoms with van der Waals surface area (Å²) < 4.78 is 6.09. The number of nitrogens with zero attached hydrogens (tertiary/aromatic N) is 1. The van der Waals surface area contributed by atoms with E-state index in [2.05, 4.69) is 31.9 Å². The largest absolute Gasteiger partial charge is 0.444 e. The molecule has 9 nitrogen and oxygen atoms in total. The van der Waals surface area contributed by atoms with Gasteiger partial charge in [0.25, 0.3) is 5.91 Å². The maximum atomic E-state index is 13.5. The van der Waals surface area contributed by atoms with Crippen molar-refractivity contribution in [1.29, 1.82) is 0 Å². The molecule has 3 N–H and O–H groups in total. The van der Waals surface area contributed by atoms with Gasteiger partial charge in [-0.25, -0.2) is 4.79 Å². The fourth-order valence-corrected chi connectivity index (χ4v) is 4.03. The number of alkyl carbamates (subject to hydrolysis) is 1. The summed E-state index contributed by atoms with van der Waals surface area (Å²) >= 11 is 3.37. The number of rotatable bonds is 6. The standard InChI is InChI=1S/C26H31BrN4O5/c1-16(28-25(35)36-26(2,3)4)22(32)30-20-9-6-5-8-19(20)24(34)31-15-7-10-21(31)23(33)29-18-13-11-17(27)12-14-18/h5-6,8-9,11-14,16,21H,7,10,15H2,1-4H3,(H,28,35)(H,29,33)(H,30,32)/t16-,21+/m1/s1. The lowest BCUT2D eigenvalue weighted by molar-refractivity contribution is -0.120. The van der Waals surface area contributed by atoms with Crippen LogP contribution in [0.25, 0.3) is 0 Å². The lowest BCUT2D eigenvalue weighted by Crippen LogP contribution is -2.45. The van der Waals surface area contributed by atoms with Crippen molar-refractivity contribution in [2.24, 2.45) is 0 Å². The summed E-state index contributed by atoms with van der Waals surface area (Å²) in [5.74, 6) is -1.13. The molecule has 0 spiro atoms. The Morgan fingerprint density at radius 3 is 2.36 bits per heavy atom. The third-order valence-corrected chi connectivity index (χ3v) is 6.00. The Labute approximate surface area is 219 Å². The third-order valence-electron chi connectivity index (χ3n) is 5.47. The number of carbonyl (C=O) groups is 4. The van der Waals surface area contributed by atoms with Crippen molar-refractivity contribution in [3.8, 4) is 0 Å². The average molecular weight is 559 g/mol. The van der Waals surface area contributed by atoms with Gasteiger partial charge in [-0.1, -0.05) is 28.1 Å². The molecule has 1 fully saturated rings. The van der Waals surface area contributed by atoms with Crippen LogP contribution >= 0.6 is 15.9 Å². The molecule has 1 heterocycles. The van der Waals surface area contributed by atoms with Gasteiger partial charge in [-0.2, -0.15) is 0 Å². The number of amides is 4. The topological polar surface area (TPSA) is 117 Å². The molecule has 1 aliphatic heterocycles. The molecule has 0 saturated carbocycles. The average Bonchev–Trinajstić information content (AvgIpc) is 3.29. The summed E-state index contributed by atoms with van der Waals surface area (Å²) in [6.45, 7) is 7.13. The van der Waals surface area contributed by atoms with E-state index in [0.717, 1.165) is 4.47 Å². The van der Waals surface area contributed by atoms with Crippen LogP contribution in [0.2, 0.25) is 0 Å². The number of para-hydroxylation sites is 1. The summed E-state index contributed by atoms with van der Waals surface area (Å²) in [6, 6.07) is 12.3. The number of halogens is 1. The van der Waals surface area contributed by atoms with Gasteiger partial charge < -0.3 is 25.6 Å². The van der Waals surface area contributed by atoms with Crippen LogP contribution in [0, 0.1) is 0 Å². The molecule has 36 heavy (non-hydrogen) atoms. The summed E-state index contributed by atoms with van der Waals surface area (Å²) in [7, 11) is 0. The minimum absolute atomic E-state index is 0.263. The number of ether oxygens (including phenoxy) is 1. The van der Waals surface area contributed by atoms with Crippen LogP contribution in [0.4, 0.5) is 16.2 Å². The zero-order valence-corrected chi connectivity index (χ0v) is 22.3. The molecule has 0 bridgehead atoms. The van der Waals surface area contributed by atoms with Gasteiger partial charge >= 0.3 is 6.09 Å². The molecule has 2 atom stereocenters. The lowest BCUT2D eigenvalue weighted by Gasteiger charge is -2.25. The highest BCUT2D eigenvalue weighted by atomic mass is 79.9. The first-order valence-corrected chi connectivity index (χ1v) is 12.5. The Morgan fingerprint density at radius 2 is 1.69 bits per heavy atom. The molecule has 0 aliphatic carbocycles. The van der Waals surface area contributed by atoms with E-state index in [0.29, 0.717) is 30.8 Å². The van der Waals surface area contributed by atoms with Gasteiger partial charge in [0.15, 0.2) is 0 Å². The molecule has 1 aliphatic rings. The molecule has 1 saturated heterocycles. The first-order chi connectivity index (χ1) is 16.9. The molecular formula is C26H31BrN4O5. The van der Waals surface area contributed by atoms with E-state index < -0.39 is 29.7 Å². The van der Waals surface area contributed by atoms with Crippen molar-refractivity contribution in [1.82, 2.24) is 10.2 Å². The van der Waals surface area contributed by atoms with E-state index in [1.165, 1.54) is 11.8 Å². The van der Waals surface area contributed by atoms with E-state index in [4.69, 9.17) is 4.74 Å². The molecule has 4 amide bonds. The molecule has 192 valence electrons. The van der Waals surface area contributed by atoms with Gasteiger partial charge in [0.1, 0.15) is 17.7 Å². The lowest BCUT2D eigenvalue weighted by atomic mass is 10.1. The second-order valence-corrected chi connectivity index (χ2v) is 10.5. The number of nitrogens with one attached hydrogen (secondary N) is 3. The van der Waals surface area contributed by atoms with E-state index in [-0.39, 0.29) is 17.4 Å². The Bertz CT molecular complexity index is 1130. The Morgan fingerprint density at radius 1 is 1.03 bits per heavy atom. The predicted octanol–water partition coefficient (Wildman–Crippen LogP) is 4.54. The summed E-state index contributed by atoms with van der Waals surface area (Å²) in [5, 5.41) is 8.06. The third kappa shape index (κ3) is 7.30. The van der Waals surface area contributed by atoms with Crippen LogP contribution in [0.15, 0.2) is 53.0 Å². The van der Waals surface area contributed by atoms with Crippen molar-refractivity contribution < 1.29 is 23.9 Å². The number of hydrogen-bond donors (Lipinski definition) is 3. The van der Waals surface area contributed by atoms with Gasteiger partial charge in [-0.3, -0.25) is 14.4 Å². The molecule has 0 unspecified atom stereocenters. The Kier molecular flexibility index (Phi) is 8.73. The summed E-state index contributed by atoms with van der Waals surface area (Å²) in [4.78, 5) is 52.7. The van der Waals surface area contributed by atoms with Crippen LogP contribution in [0.1, 0.15) is 50.9 Å². The van der Waals surface area contributed by atoms with Gasteiger partial charge in [0.05, 0.1) is 11.3 Å². The van der Waals surface area contributed by atoms with E-state index in [1.54, 1.807) is 57.2 Å². The number of carbonyl (C=O) groups excluding carboxylic acids is 4. The first-order valence-electron chi connectivity index (χ1n) is 11.7. The molecule has 0 radical (unpaired) electrons. The predicted molar refractivity (Wildman–Crippen MR) is 141 cm³/mol. The van der Waals surface area contributed by atoms with E-state index in [9.17, 15) is 19.2 Å². The maximum absolute atomic E-state index is 13.5. The molecule has 3 rings (SSSR count). The van der Waals surface area contributed by atoms with Crippen LogP contribution in [0.5, 0.6) is 0 Å². The molecular weight excluding hydrogens is 528 g/mol. The number of hydrogen-bond acceptors (Lipinski definition) is 5. The van der Waals surface area contributed by atoms with Crippen LogP contribution in [0.3, 0.4) is 0 Å².